The molecule has 6 heteroatoms. The number of nitrogens with one attached hydrogen (secondary N) is 1. The van der Waals surface area contributed by atoms with Gasteiger partial charge in [-0.1, -0.05) is 6.07 Å². The summed E-state index contributed by atoms with van der Waals surface area (Å²) in [6.07, 6.45) is 2.45. The van der Waals surface area contributed by atoms with Crippen LogP contribution in [0.3, 0.4) is 0 Å². The van der Waals surface area contributed by atoms with Crippen molar-refractivity contribution in [1.82, 2.24) is 5.32 Å². The first-order valence-corrected chi connectivity index (χ1v) is 8.67. The summed E-state index contributed by atoms with van der Waals surface area (Å²) in [6, 6.07) is 4.41. The summed E-state index contributed by atoms with van der Waals surface area (Å²) >= 11 is 0. The Morgan fingerprint density at radius 3 is 2.80 bits per heavy atom. The molecule has 0 unspecified atom stereocenters. The molecule has 0 amide bonds. The van der Waals surface area contributed by atoms with Gasteiger partial charge in [0, 0.05) is 6.54 Å². The maximum absolute atomic E-state index is 13.4. The van der Waals surface area contributed by atoms with E-state index in [4.69, 9.17) is 0 Å². The van der Waals surface area contributed by atoms with Crippen molar-refractivity contribution in [2.24, 2.45) is 5.92 Å². The first-order valence-electron chi connectivity index (χ1n) is 7.06. The number of rotatable bonds is 3. The van der Waals surface area contributed by atoms with Crippen LogP contribution in [0.5, 0.6) is 0 Å². The lowest BCUT2D eigenvalue weighted by molar-refractivity contribution is 0.401. The van der Waals surface area contributed by atoms with Gasteiger partial charge in [-0.2, -0.15) is 0 Å². The fourth-order valence-corrected chi connectivity index (χ4v) is 5.00. The van der Waals surface area contributed by atoms with Crippen LogP contribution in [0.2, 0.25) is 0 Å². The van der Waals surface area contributed by atoms with Crippen molar-refractivity contribution in [2.45, 2.75) is 19.3 Å². The number of hydrogen-bond donors (Lipinski definition) is 1. The number of sulfonamides is 1. The van der Waals surface area contributed by atoms with E-state index in [0.29, 0.717) is 18.7 Å². The van der Waals surface area contributed by atoms with Gasteiger partial charge in [0.25, 0.3) is 0 Å². The Balaban J connectivity index is 1.81. The van der Waals surface area contributed by atoms with Gasteiger partial charge in [-0.05, 0) is 56.0 Å². The standard InChI is InChI=1S/C14H19FN2O2S/c15-13-2-1-12-5-8-17(14(12)9-13)20(18,19)10-11-3-6-16-7-4-11/h1-2,9,11,16H,3-8,10H2. The van der Waals surface area contributed by atoms with Crippen LogP contribution >= 0.6 is 0 Å². The van der Waals surface area contributed by atoms with Crippen LogP contribution in [0.25, 0.3) is 0 Å². The van der Waals surface area contributed by atoms with Crippen molar-refractivity contribution < 1.29 is 12.8 Å². The fraction of sp³-hybridized carbons (Fsp3) is 0.571. The molecule has 1 aromatic rings. The van der Waals surface area contributed by atoms with Gasteiger partial charge in [-0.25, -0.2) is 12.8 Å². The fourth-order valence-electron chi connectivity index (χ4n) is 3.05. The van der Waals surface area contributed by atoms with Gasteiger partial charge in [0.1, 0.15) is 5.82 Å². The summed E-state index contributed by atoms with van der Waals surface area (Å²) in [5.41, 5.74) is 1.44. The van der Waals surface area contributed by atoms with Crippen molar-refractivity contribution in [2.75, 3.05) is 29.7 Å². The third-order valence-corrected chi connectivity index (χ3v) is 6.08. The zero-order chi connectivity index (χ0) is 14.2. The molecule has 1 aromatic carbocycles. The van der Waals surface area contributed by atoms with E-state index in [-0.39, 0.29) is 17.5 Å². The molecule has 20 heavy (non-hydrogen) atoms. The van der Waals surface area contributed by atoms with Crippen LogP contribution < -0.4 is 9.62 Å². The van der Waals surface area contributed by atoms with Crippen LogP contribution in [0.1, 0.15) is 18.4 Å². The number of halogens is 1. The minimum absolute atomic E-state index is 0.171. The van der Waals surface area contributed by atoms with Crippen molar-refractivity contribution >= 4 is 15.7 Å². The normalized spacial score (nSPS) is 20.1. The number of anilines is 1. The SMILES string of the molecule is O=S(=O)(CC1CCNCC1)N1CCc2ccc(F)cc21. The Morgan fingerprint density at radius 2 is 2.05 bits per heavy atom. The summed E-state index contributed by atoms with van der Waals surface area (Å²) in [5, 5.41) is 3.24. The lowest BCUT2D eigenvalue weighted by Crippen LogP contribution is -2.37. The van der Waals surface area contributed by atoms with Crippen LogP contribution in [-0.4, -0.2) is 33.8 Å². The van der Waals surface area contributed by atoms with Crippen LogP contribution in [0.4, 0.5) is 10.1 Å². The molecule has 1 N–H and O–H groups in total. The smallest absolute Gasteiger partial charge is 0.235 e. The Morgan fingerprint density at radius 1 is 1.30 bits per heavy atom. The number of hydrogen-bond acceptors (Lipinski definition) is 3. The van der Waals surface area contributed by atoms with E-state index in [1.807, 2.05) is 0 Å². The molecule has 1 fully saturated rings. The quantitative estimate of drug-likeness (QED) is 0.920. The number of piperidine rings is 1. The molecule has 4 nitrogen and oxygen atoms in total. The summed E-state index contributed by atoms with van der Waals surface area (Å²) in [6.45, 7) is 2.20. The van der Waals surface area contributed by atoms with E-state index in [1.54, 1.807) is 6.07 Å². The Labute approximate surface area is 119 Å². The molecular weight excluding hydrogens is 279 g/mol. The van der Waals surface area contributed by atoms with Crippen molar-refractivity contribution in [3.8, 4) is 0 Å². The Bertz CT molecular complexity index is 597. The first kappa shape index (κ1) is 13.8. The molecule has 2 aliphatic heterocycles. The molecule has 1 saturated heterocycles. The molecule has 0 aliphatic carbocycles. The number of benzene rings is 1. The molecule has 0 aromatic heterocycles. The second-order valence-electron chi connectivity index (χ2n) is 5.57. The van der Waals surface area contributed by atoms with Gasteiger partial charge in [-0.15, -0.1) is 0 Å². The summed E-state index contributed by atoms with van der Waals surface area (Å²) in [4.78, 5) is 0. The lowest BCUT2D eigenvalue weighted by Gasteiger charge is -2.26. The summed E-state index contributed by atoms with van der Waals surface area (Å²) < 4.78 is 39.9. The Kier molecular flexibility index (Phi) is 3.69. The largest absolute Gasteiger partial charge is 0.317 e. The van der Waals surface area contributed by atoms with E-state index in [1.165, 1.54) is 16.4 Å². The average molecular weight is 298 g/mol. The van der Waals surface area contributed by atoms with Gasteiger partial charge in [0.15, 0.2) is 0 Å². The molecule has 0 bridgehead atoms. The average Bonchev–Trinajstić information content (AvgIpc) is 2.83. The van der Waals surface area contributed by atoms with Gasteiger partial charge in [0.2, 0.25) is 10.0 Å². The van der Waals surface area contributed by atoms with E-state index >= 15 is 0 Å². The lowest BCUT2D eigenvalue weighted by atomic mass is 10.0. The predicted octanol–water partition coefficient (Wildman–Crippen LogP) is 1.52. The maximum Gasteiger partial charge on any atom is 0.235 e. The topological polar surface area (TPSA) is 49.4 Å². The molecule has 2 heterocycles. The van der Waals surface area contributed by atoms with E-state index in [2.05, 4.69) is 5.32 Å². The molecule has 110 valence electrons. The highest BCUT2D eigenvalue weighted by molar-refractivity contribution is 7.92. The maximum atomic E-state index is 13.4. The minimum atomic E-state index is -3.35. The Hall–Kier alpha value is -1.14. The van der Waals surface area contributed by atoms with Crippen LogP contribution in [0, 0.1) is 11.7 Å². The zero-order valence-electron chi connectivity index (χ0n) is 11.3. The highest BCUT2D eigenvalue weighted by Crippen LogP contribution is 2.32. The van der Waals surface area contributed by atoms with Gasteiger partial charge in [-0.3, -0.25) is 4.31 Å². The molecule has 0 radical (unpaired) electrons. The minimum Gasteiger partial charge on any atom is -0.317 e. The van der Waals surface area contributed by atoms with Gasteiger partial charge >= 0.3 is 0 Å². The van der Waals surface area contributed by atoms with E-state index < -0.39 is 10.0 Å². The van der Waals surface area contributed by atoms with E-state index in [9.17, 15) is 12.8 Å². The molecule has 0 spiro atoms. The van der Waals surface area contributed by atoms with Gasteiger partial charge < -0.3 is 5.32 Å². The third kappa shape index (κ3) is 2.67. The molecule has 0 atom stereocenters. The second-order valence-corrected chi connectivity index (χ2v) is 7.51. The van der Waals surface area contributed by atoms with Gasteiger partial charge in [0.05, 0.1) is 11.4 Å². The van der Waals surface area contributed by atoms with Crippen molar-refractivity contribution in [3.63, 3.8) is 0 Å². The molecule has 2 aliphatic rings. The highest BCUT2D eigenvalue weighted by atomic mass is 32.2. The highest BCUT2D eigenvalue weighted by Gasteiger charge is 2.32. The van der Waals surface area contributed by atoms with Crippen LogP contribution in [0.15, 0.2) is 18.2 Å². The van der Waals surface area contributed by atoms with Crippen LogP contribution in [-0.2, 0) is 16.4 Å². The number of fused-ring (bicyclic) bond motifs is 1. The molecule has 0 saturated carbocycles. The summed E-state index contributed by atoms with van der Waals surface area (Å²) in [7, 11) is -3.35. The van der Waals surface area contributed by atoms with Crippen molar-refractivity contribution in [1.29, 1.82) is 0 Å². The molecule has 3 rings (SSSR count). The van der Waals surface area contributed by atoms with Crippen molar-refractivity contribution in [3.05, 3.63) is 29.6 Å². The third-order valence-electron chi connectivity index (χ3n) is 4.14. The molecular formula is C14H19FN2O2S. The number of nitrogens with zero attached hydrogens (tertiary/aromatic N) is 1. The summed E-state index contributed by atoms with van der Waals surface area (Å²) in [5.74, 6) is -0.00320. The predicted molar refractivity (Wildman–Crippen MR) is 76.8 cm³/mol. The monoisotopic (exact) mass is 298 g/mol. The van der Waals surface area contributed by atoms with E-state index in [0.717, 1.165) is 31.5 Å². The first-order chi connectivity index (χ1) is 9.56. The second kappa shape index (κ2) is 5.33. The zero-order valence-corrected chi connectivity index (χ0v) is 12.1.